The molecule has 2 amide bonds. The largest absolute Gasteiger partial charge is 0.369 e. The summed E-state index contributed by atoms with van der Waals surface area (Å²) < 4.78 is 0. The van der Waals surface area contributed by atoms with Gasteiger partial charge in [0, 0.05) is 25.2 Å². The monoisotopic (exact) mass is 337 g/mol. The molecule has 1 aromatic carbocycles. The van der Waals surface area contributed by atoms with Crippen molar-refractivity contribution in [3.63, 3.8) is 0 Å². The topological polar surface area (TPSA) is 61.4 Å². The van der Waals surface area contributed by atoms with E-state index < -0.39 is 0 Å². The van der Waals surface area contributed by atoms with Crippen LogP contribution in [0, 0.1) is 0 Å². The zero-order chi connectivity index (χ0) is 15.5. The summed E-state index contributed by atoms with van der Waals surface area (Å²) in [6.45, 7) is 3.66. The predicted molar refractivity (Wildman–Crippen MR) is 90.3 cm³/mol. The maximum Gasteiger partial charge on any atom is 0.290 e. The SMILES string of the molecule is O=C1NC(=O)C(=Cc2cccc(Cl)c2N2CCCNCC2)S1. The van der Waals surface area contributed by atoms with Crippen molar-refractivity contribution < 1.29 is 9.59 Å². The Bertz CT molecular complexity index is 640. The van der Waals surface area contributed by atoms with Crippen molar-refractivity contribution in [3.8, 4) is 0 Å². The molecule has 2 aliphatic rings. The first-order chi connectivity index (χ1) is 10.6. The van der Waals surface area contributed by atoms with Gasteiger partial charge in [0.1, 0.15) is 0 Å². The van der Waals surface area contributed by atoms with Crippen LogP contribution in [0.2, 0.25) is 5.02 Å². The number of carbonyl (C=O) groups excluding carboxylic acids is 2. The highest BCUT2D eigenvalue weighted by Crippen LogP contribution is 2.34. The average Bonchev–Trinajstić information content (AvgIpc) is 2.69. The first-order valence-corrected chi connectivity index (χ1v) is 8.33. The Balaban J connectivity index is 1.97. The van der Waals surface area contributed by atoms with Crippen molar-refractivity contribution in [2.75, 3.05) is 31.1 Å². The number of hydrogen-bond donors (Lipinski definition) is 2. The number of nitrogens with one attached hydrogen (secondary N) is 2. The van der Waals surface area contributed by atoms with Gasteiger partial charge in [-0.25, -0.2) is 0 Å². The molecule has 2 N–H and O–H groups in total. The van der Waals surface area contributed by atoms with E-state index in [1.165, 1.54) is 0 Å². The number of rotatable bonds is 2. The molecule has 0 bridgehead atoms. The van der Waals surface area contributed by atoms with Crippen molar-refractivity contribution in [1.82, 2.24) is 10.6 Å². The van der Waals surface area contributed by atoms with Crippen LogP contribution in [0.5, 0.6) is 0 Å². The van der Waals surface area contributed by atoms with Crippen LogP contribution in [0.1, 0.15) is 12.0 Å². The van der Waals surface area contributed by atoms with Crippen molar-refractivity contribution in [2.45, 2.75) is 6.42 Å². The Kier molecular flexibility index (Phi) is 4.71. The molecule has 2 saturated heterocycles. The van der Waals surface area contributed by atoms with Crippen molar-refractivity contribution in [2.24, 2.45) is 0 Å². The molecular formula is C15H16ClN3O2S. The highest BCUT2D eigenvalue weighted by molar-refractivity contribution is 8.18. The van der Waals surface area contributed by atoms with E-state index in [0.29, 0.717) is 9.93 Å². The van der Waals surface area contributed by atoms with Crippen LogP contribution in [-0.2, 0) is 4.79 Å². The van der Waals surface area contributed by atoms with Crippen LogP contribution in [0.3, 0.4) is 0 Å². The summed E-state index contributed by atoms with van der Waals surface area (Å²) in [6, 6.07) is 5.63. The summed E-state index contributed by atoms with van der Waals surface area (Å²) in [5, 5.41) is 5.95. The van der Waals surface area contributed by atoms with Gasteiger partial charge in [0.15, 0.2) is 0 Å². The lowest BCUT2D eigenvalue weighted by atomic mass is 10.1. The lowest BCUT2D eigenvalue weighted by molar-refractivity contribution is -0.115. The minimum atomic E-state index is -0.349. The minimum absolute atomic E-state index is 0.334. The summed E-state index contributed by atoms with van der Waals surface area (Å²) in [5.41, 5.74) is 1.79. The number of nitrogens with zero attached hydrogens (tertiary/aromatic N) is 1. The molecule has 0 radical (unpaired) electrons. The molecule has 0 atom stereocenters. The van der Waals surface area contributed by atoms with E-state index in [1.807, 2.05) is 18.2 Å². The van der Waals surface area contributed by atoms with E-state index in [4.69, 9.17) is 11.6 Å². The number of halogens is 1. The summed E-state index contributed by atoms with van der Waals surface area (Å²) in [7, 11) is 0. The number of imide groups is 1. The van der Waals surface area contributed by atoms with Gasteiger partial charge < -0.3 is 10.2 Å². The number of anilines is 1. The van der Waals surface area contributed by atoms with E-state index in [0.717, 1.165) is 55.6 Å². The second-order valence-electron chi connectivity index (χ2n) is 5.12. The summed E-state index contributed by atoms with van der Waals surface area (Å²) in [6.07, 6.45) is 2.78. The van der Waals surface area contributed by atoms with Crippen molar-refractivity contribution in [3.05, 3.63) is 33.7 Å². The zero-order valence-corrected chi connectivity index (χ0v) is 13.5. The third-order valence-electron chi connectivity index (χ3n) is 3.60. The zero-order valence-electron chi connectivity index (χ0n) is 11.9. The van der Waals surface area contributed by atoms with Crippen LogP contribution >= 0.6 is 23.4 Å². The van der Waals surface area contributed by atoms with Crippen molar-refractivity contribution in [1.29, 1.82) is 0 Å². The molecule has 2 aliphatic heterocycles. The van der Waals surface area contributed by atoms with Crippen LogP contribution < -0.4 is 15.5 Å². The maximum atomic E-state index is 11.7. The van der Waals surface area contributed by atoms with E-state index in [1.54, 1.807) is 6.08 Å². The molecule has 0 unspecified atom stereocenters. The Morgan fingerprint density at radius 1 is 1.23 bits per heavy atom. The Hall–Kier alpha value is -1.50. The molecule has 2 heterocycles. The number of para-hydroxylation sites is 1. The molecule has 3 rings (SSSR count). The summed E-state index contributed by atoms with van der Waals surface area (Å²) in [4.78, 5) is 25.7. The predicted octanol–water partition coefficient (Wildman–Crippen LogP) is 2.46. The quantitative estimate of drug-likeness (QED) is 0.812. The van der Waals surface area contributed by atoms with E-state index in [9.17, 15) is 9.59 Å². The van der Waals surface area contributed by atoms with Gasteiger partial charge in [0.05, 0.1) is 15.6 Å². The van der Waals surface area contributed by atoms with Gasteiger partial charge >= 0.3 is 0 Å². The highest BCUT2D eigenvalue weighted by atomic mass is 35.5. The first kappa shape index (κ1) is 15.4. The average molecular weight is 338 g/mol. The second kappa shape index (κ2) is 6.73. The van der Waals surface area contributed by atoms with E-state index in [2.05, 4.69) is 15.5 Å². The van der Waals surface area contributed by atoms with Gasteiger partial charge in [-0.05, 0) is 36.9 Å². The number of hydrogen-bond acceptors (Lipinski definition) is 5. The maximum absolute atomic E-state index is 11.7. The van der Waals surface area contributed by atoms with Crippen molar-refractivity contribution >= 4 is 46.3 Å². The number of benzene rings is 1. The van der Waals surface area contributed by atoms with Crippen LogP contribution in [0.25, 0.3) is 6.08 Å². The third-order valence-corrected chi connectivity index (χ3v) is 4.72. The molecule has 1 aromatic rings. The number of thioether (sulfide) groups is 1. The fourth-order valence-electron chi connectivity index (χ4n) is 2.61. The molecule has 0 spiro atoms. The highest BCUT2D eigenvalue weighted by Gasteiger charge is 2.26. The van der Waals surface area contributed by atoms with Crippen LogP contribution in [-0.4, -0.2) is 37.3 Å². The fraction of sp³-hybridized carbons (Fsp3) is 0.333. The van der Waals surface area contributed by atoms with Gasteiger partial charge in [-0.15, -0.1) is 0 Å². The molecule has 7 heteroatoms. The van der Waals surface area contributed by atoms with Gasteiger partial charge in [0.25, 0.3) is 11.1 Å². The molecule has 2 fully saturated rings. The summed E-state index contributed by atoms with van der Waals surface area (Å²) in [5.74, 6) is -0.349. The molecule has 22 heavy (non-hydrogen) atoms. The number of amides is 2. The molecule has 0 saturated carbocycles. The lowest BCUT2D eigenvalue weighted by Crippen LogP contribution is -2.28. The van der Waals surface area contributed by atoms with E-state index >= 15 is 0 Å². The van der Waals surface area contributed by atoms with E-state index in [-0.39, 0.29) is 11.1 Å². The second-order valence-corrected chi connectivity index (χ2v) is 6.54. The fourth-order valence-corrected chi connectivity index (χ4v) is 3.59. The molecular weight excluding hydrogens is 322 g/mol. The van der Waals surface area contributed by atoms with Crippen LogP contribution in [0.15, 0.2) is 23.1 Å². The molecule has 0 aliphatic carbocycles. The first-order valence-electron chi connectivity index (χ1n) is 7.14. The minimum Gasteiger partial charge on any atom is -0.369 e. The van der Waals surface area contributed by atoms with Gasteiger partial charge in [0.2, 0.25) is 0 Å². The normalized spacial score (nSPS) is 21.1. The number of carbonyl (C=O) groups is 2. The van der Waals surface area contributed by atoms with Crippen LogP contribution in [0.4, 0.5) is 10.5 Å². The molecule has 116 valence electrons. The molecule has 5 nitrogen and oxygen atoms in total. The Labute approximate surface area is 138 Å². The molecule has 0 aromatic heterocycles. The Morgan fingerprint density at radius 2 is 2.09 bits per heavy atom. The third kappa shape index (κ3) is 3.29. The standard InChI is InChI=1S/C15H16ClN3O2S/c16-11-4-1-3-10(9-12-14(20)18-15(21)22-12)13(11)19-7-2-5-17-6-8-19/h1,3-4,9,17H,2,5-8H2,(H,18,20,21). The summed E-state index contributed by atoms with van der Waals surface area (Å²) >= 11 is 7.32. The lowest BCUT2D eigenvalue weighted by Gasteiger charge is -2.25. The van der Waals surface area contributed by atoms with Gasteiger partial charge in [-0.3, -0.25) is 14.9 Å². The van der Waals surface area contributed by atoms with Gasteiger partial charge in [-0.2, -0.15) is 0 Å². The Morgan fingerprint density at radius 3 is 2.86 bits per heavy atom. The smallest absolute Gasteiger partial charge is 0.290 e. The van der Waals surface area contributed by atoms with Gasteiger partial charge in [-0.1, -0.05) is 23.7 Å².